The van der Waals surface area contributed by atoms with Crippen LogP contribution in [0, 0.1) is 0 Å². The topological polar surface area (TPSA) is 670 Å². The third-order valence-corrected chi connectivity index (χ3v) is 19.5. The van der Waals surface area contributed by atoms with Crippen LogP contribution in [0.1, 0.15) is 0 Å². The van der Waals surface area contributed by atoms with Crippen LogP contribution in [0.4, 0.5) is 0 Å². The lowest BCUT2D eigenvalue weighted by molar-refractivity contribution is -0.383. The number of rotatable bonds is 24. The van der Waals surface area contributed by atoms with Gasteiger partial charge in [0.1, 0.15) is 195 Å². The van der Waals surface area contributed by atoms with Crippen molar-refractivity contribution >= 4 is 31.2 Å². The van der Waals surface area contributed by atoms with Crippen molar-refractivity contribution < 1.29 is 218 Å². The van der Waals surface area contributed by atoms with E-state index < -0.39 is 316 Å². The van der Waals surface area contributed by atoms with Gasteiger partial charge in [0.15, 0.2) is 50.3 Å². The summed E-state index contributed by atoms with van der Waals surface area (Å²) in [6.45, 7) is -5.82. The number of aliphatic hydroxyl groups excluding tert-OH is 15. The fraction of sp³-hybridized carbons (Fsp3) is 1.00. The summed E-state index contributed by atoms with van der Waals surface area (Å²) in [5.41, 5.74) is 0. The molecule has 12 aliphatic heterocycles. The maximum absolute atomic E-state index is 11.9. The van der Waals surface area contributed by atoms with Crippen LogP contribution in [0.25, 0.3) is 0 Å². The van der Waals surface area contributed by atoms with Crippen LogP contribution >= 0.6 is 0 Å². The van der Waals surface area contributed by atoms with Crippen molar-refractivity contribution in [2.75, 3.05) is 52.9 Å². The SMILES string of the molecule is O=S(=O)(O)OC[C@H]1O[C@@H](O[C@H]2[C@H]3OC[C@@H]2O[C@@H](O[C@H]2[C@@H](O)[C@@H](COS(=O)(=O)O)O[C@@H](O[C@H]4[C@H]5OC[C@@H]4O[C@@H](O[C@H]4[C@@H](O)[C@@H](COS(=O)(=O)O)O[C@@H](O[C@H]6[C@H]7OC[C@@H]6O[C@@H](O[C@@H]6[C@@H](O)[C@@H](O)O[C@H](CO)[C@@H]6O)[C@H]7O)[C@@H]4O)[C@H]5O)[C@@H]2O)[C@H]3O)[C@H](O)[C@@H](O[C@@H]2O[C@H]3CO[C@@H]([C@@H]2O)[C@@H]3O)[C@H]1O. The van der Waals surface area contributed by atoms with Gasteiger partial charge in [-0.05, 0) is 0 Å². The van der Waals surface area contributed by atoms with Crippen molar-refractivity contribution in [3.05, 3.63) is 0 Å². The van der Waals surface area contributed by atoms with Crippen molar-refractivity contribution in [3.63, 3.8) is 0 Å². The van der Waals surface area contributed by atoms with Crippen LogP contribution in [0.2, 0.25) is 0 Å². The number of ether oxygens (including phenoxy) is 19. The van der Waals surface area contributed by atoms with Gasteiger partial charge in [0.25, 0.3) is 0 Å². The Labute approximate surface area is 546 Å². The predicted molar refractivity (Wildman–Crippen MR) is 282 cm³/mol. The molecule has 0 aromatic carbocycles. The lowest BCUT2D eigenvalue weighted by atomic mass is 9.96. The molecule has 0 amide bonds. The van der Waals surface area contributed by atoms with Crippen molar-refractivity contribution in [1.82, 2.24) is 0 Å². The highest BCUT2D eigenvalue weighted by atomic mass is 32.3. The van der Waals surface area contributed by atoms with E-state index in [4.69, 9.17) is 90.0 Å². The van der Waals surface area contributed by atoms with Crippen LogP contribution in [0.15, 0.2) is 0 Å². The smallest absolute Gasteiger partial charge is 0.394 e. The average Bonchev–Trinajstić information content (AvgIpc) is 1.73. The minimum atomic E-state index is -5.30. The van der Waals surface area contributed by atoms with E-state index in [1.54, 1.807) is 0 Å². The molecule has 0 aromatic rings. The fourth-order valence-corrected chi connectivity index (χ4v) is 14.3. The largest absolute Gasteiger partial charge is 0.397 e. The van der Waals surface area contributed by atoms with Gasteiger partial charge in [0.2, 0.25) is 0 Å². The number of hydrogen-bond acceptors (Lipinski definition) is 43. The summed E-state index contributed by atoms with van der Waals surface area (Å²) in [6.07, 6.45) is -71.2. The van der Waals surface area contributed by atoms with E-state index in [-0.39, 0.29) is 13.2 Å². The molecule has 40 atom stereocenters. The first-order valence-electron chi connectivity index (χ1n) is 29.9. The molecule has 97 heavy (non-hydrogen) atoms. The molecule has 8 bridgehead atoms. The summed E-state index contributed by atoms with van der Waals surface area (Å²) in [5.74, 6) is 0. The molecule has 12 fully saturated rings. The van der Waals surface area contributed by atoms with Crippen molar-refractivity contribution in [2.45, 2.75) is 246 Å². The number of fused-ring (bicyclic) bond motifs is 8. The minimum absolute atomic E-state index is 0.179. The van der Waals surface area contributed by atoms with Gasteiger partial charge in [-0.2, -0.15) is 25.3 Å². The summed E-state index contributed by atoms with van der Waals surface area (Å²) in [5, 5.41) is 167. The van der Waals surface area contributed by atoms with Gasteiger partial charge >= 0.3 is 31.2 Å². The normalized spacial score (nSPS) is 52.4. The lowest BCUT2D eigenvalue weighted by Gasteiger charge is -2.48. The second-order valence-electron chi connectivity index (χ2n) is 24.5. The Morgan fingerprint density at radius 3 is 0.856 bits per heavy atom. The molecule has 12 rings (SSSR count). The van der Waals surface area contributed by atoms with E-state index >= 15 is 0 Å². The first kappa shape index (κ1) is 74.9. The van der Waals surface area contributed by atoms with Gasteiger partial charge in [-0.25, -0.2) is 12.5 Å². The Kier molecular flexibility index (Phi) is 22.9. The molecule has 0 saturated carbocycles. The van der Waals surface area contributed by atoms with Gasteiger partial charge in [-0.3, -0.25) is 13.7 Å². The molecule has 0 unspecified atom stereocenters. The molecular formula is C48H74O46S3. The quantitative estimate of drug-likeness (QED) is 0.0399. The third-order valence-electron chi connectivity index (χ3n) is 18.2. The van der Waals surface area contributed by atoms with E-state index in [2.05, 4.69) is 12.5 Å². The molecule has 0 radical (unpaired) electrons. The van der Waals surface area contributed by atoms with Gasteiger partial charge in [0, 0.05) is 0 Å². The average molecular weight is 1480 g/mol. The molecule has 18 N–H and O–H groups in total. The number of hydrogen-bond donors (Lipinski definition) is 18. The molecule has 0 aromatic heterocycles. The third kappa shape index (κ3) is 15.7. The van der Waals surface area contributed by atoms with Gasteiger partial charge < -0.3 is 167 Å². The second kappa shape index (κ2) is 29.7. The van der Waals surface area contributed by atoms with Crippen LogP contribution in [0.5, 0.6) is 0 Å². The van der Waals surface area contributed by atoms with E-state index in [1.165, 1.54) is 0 Å². The predicted octanol–water partition coefficient (Wildman–Crippen LogP) is -14.8. The van der Waals surface area contributed by atoms with Crippen LogP contribution in [-0.2, 0) is 134 Å². The Balaban J connectivity index is 0.706. The molecule has 0 aliphatic carbocycles. The summed E-state index contributed by atoms with van der Waals surface area (Å²) in [6, 6.07) is 0. The zero-order chi connectivity index (χ0) is 69.8. The summed E-state index contributed by atoms with van der Waals surface area (Å²) < 4.78 is 221. The Morgan fingerprint density at radius 2 is 0.536 bits per heavy atom. The number of aliphatic hydroxyl groups is 15. The zero-order valence-corrected chi connectivity index (χ0v) is 51.9. The monoisotopic (exact) mass is 1480 g/mol. The van der Waals surface area contributed by atoms with E-state index in [9.17, 15) is 116 Å². The van der Waals surface area contributed by atoms with Crippen molar-refractivity contribution in [3.8, 4) is 0 Å². The standard InChI is InChI=1S/C48H74O46S3/c49-1-9-17(50)34(22(55)41(63)80-9)91-46-27(60)38-30(14(85-46)3-74-38)88-44-25(58)36(20(53)12(83-44)7-78-96(67,68)69)93-48-29(62)40-32(16(87-48)5-76-40)90-45-26(59)37(21(54)13(84-45)8-79-97(70,71)72)94-47-28(61)39-31(15(86-47)4-75-39)89-43-24(57)35(19(52)11(82-43)6-77-95(64,65)66)92-42-23(56)33-18(51)10(81-42)2-73-33/h9-63H,1-8H2,(H,64,65,66)(H,67,68,69)(H,70,71,72)/t9-,10+,11-,12-,13-,14+,15+,16+,17+,18-,19+,20+,21+,22-,23+,24-,25-,26-,27+,28+,29+,30-,31-,32-,33-,34+,35+,36+,37+,38+,39+,40+,41+,42+,43+,44+,45+,46+,47+,48+/m1/s1. The van der Waals surface area contributed by atoms with Crippen LogP contribution < -0.4 is 0 Å². The maximum atomic E-state index is 11.9. The fourth-order valence-electron chi connectivity index (χ4n) is 13.4. The molecule has 49 heteroatoms. The second-order valence-corrected chi connectivity index (χ2v) is 27.7. The van der Waals surface area contributed by atoms with Gasteiger partial charge in [-0.1, -0.05) is 0 Å². The summed E-state index contributed by atoms with van der Waals surface area (Å²) in [7, 11) is -15.8. The molecule has 12 heterocycles. The first-order chi connectivity index (χ1) is 45.7. The highest BCUT2D eigenvalue weighted by Crippen LogP contribution is 2.43. The molecule has 12 aliphatic rings. The molecule has 0 spiro atoms. The summed E-state index contributed by atoms with van der Waals surface area (Å²) in [4.78, 5) is 0. The highest BCUT2D eigenvalue weighted by Gasteiger charge is 2.63. The summed E-state index contributed by atoms with van der Waals surface area (Å²) >= 11 is 0. The van der Waals surface area contributed by atoms with Crippen molar-refractivity contribution in [1.29, 1.82) is 0 Å². The van der Waals surface area contributed by atoms with E-state index in [1.807, 2.05) is 0 Å². The molecule has 560 valence electrons. The van der Waals surface area contributed by atoms with Gasteiger partial charge in [-0.15, -0.1) is 0 Å². The molecule has 12 saturated heterocycles. The Bertz CT molecular complexity index is 3000. The van der Waals surface area contributed by atoms with E-state index in [0.29, 0.717) is 0 Å². The first-order valence-corrected chi connectivity index (χ1v) is 34.0. The Hall–Kier alpha value is -1.75. The van der Waals surface area contributed by atoms with E-state index in [0.717, 1.165) is 0 Å². The highest BCUT2D eigenvalue weighted by molar-refractivity contribution is 7.81. The van der Waals surface area contributed by atoms with Gasteiger partial charge in [0.05, 0.1) is 52.9 Å². The zero-order valence-electron chi connectivity index (χ0n) is 49.5. The van der Waals surface area contributed by atoms with Crippen LogP contribution in [-0.4, -0.2) is 414 Å². The minimum Gasteiger partial charge on any atom is -0.394 e. The lowest BCUT2D eigenvalue weighted by Crippen LogP contribution is -2.67. The maximum Gasteiger partial charge on any atom is 0.397 e. The van der Waals surface area contributed by atoms with Crippen LogP contribution in [0.3, 0.4) is 0 Å². The molecular weight excluding hydrogens is 1410 g/mol. The molecule has 46 nitrogen and oxygen atoms in total. The Morgan fingerprint density at radius 1 is 0.278 bits per heavy atom. The van der Waals surface area contributed by atoms with Crippen molar-refractivity contribution in [2.24, 2.45) is 0 Å².